The molecule has 1 atom stereocenters. The van der Waals surface area contributed by atoms with E-state index in [1.54, 1.807) is 29.5 Å². The topological polar surface area (TPSA) is 72.7 Å². The van der Waals surface area contributed by atoms with E-state index in [1.165, 1.54) is 6.33 Å². The summed E-state index contributed by atoms with van der Waals surface area (Å²) in [4.78, 5) is 20.6. The smallest absolute Gasteiger partial charge is 0.252 e. The highest BCUT2D eigenvalue weighted by Gasteiger charge is 2.14. The first-order valence-electron chi connectivity index (χ1n) is 7.87. The molecule has 1 aromatic carbocycles. The van der Waals surface area contributed by atoms with Gasteiger partial charge in [0.2, 0.25) is 0 Å². The molecule has 1 N–H and O–H groups in total. The van der Waals surface area contributed by atoms with Crippen LogP contribution in [0.4, 0.5) is 0 Å². The highest BCUT2D eigenvalue weighted by atomic mass is 16.1. The van der Waals surface area contributed by atoms with Gasteiger partial charge in [-0.2, -0.15) is 5.10 Å². The molecule has 3 aromatic rings. The van der Waals surface area contributed by atoms with E-state index in [0.29, 0.717) is 5.56 Å². The summed E-state index contributed by atoms with van der Waals surface area (Å²) in [5, 5.41) is 7.18. The first kappa shape index (κ1) is 15.9. The molecule has 0 aliphatic carbocycles. The van der Waals surface area contributed by atoms with Crippen molar-refractivity contribution in [3.8, 4) is 5.69 Å². The summed E-state index contributed by atoms with van der Waals surface area (Å²) in [5.74, 6) is -0.0899. The number of aryl methyl sites for hydroxylation is 1. The van der Waals surface area contributed by atoms with Crippen molar-refractivity contribution in [1.29, 1.82) is 0 Å². The number of aromatic nitrogens is 4. The zero-order chi connectivity index (χ0) is 16.9. The molecule has 1 amide bonds. The quantitative estimate of drug-likeness (QED) is 0.784. The molecule has 24 heavy (non-hydrogen) atoms. The Morgan fingerprint density at radius 2 is 2.17 bits per heavy atom. The molecule has 6 heteroatoms. The summed E-state index contributed by atoms with van der Waals surface area (Å²) >= 11 is 0. The van der Waals surface area contributed by atoms with Crippen molar-refractivity contribution in [2.45, 2.75) is 26.3 Å². The Morgan fingerprint density at radius 3 is 2.92 bits per heavy atom. The van der Waals surface area contributed by atoms with Crippen LogP contribution in [0.25, 0.3) is 5.69 Å². The molecule has 2 heterocycles. The van der Waals surface area contributed by atoms with Crippen LogP contribution in [0.1, 0.15) is 41.4 Å². The molecule has 0 aliphatic heterocycles. The normalized spacial score (nSPS) is 11.9. The van der Waals surface area contributed by atoms with Gasteiger partial charge in [-0.25, -0.2) is 9.67 Å². The summed E-state index contributed by atoms with van der Waals surface area (Å²) in [6.45, 7) is 3.98. The number of carbonyl (C=O) groups excluding carboxylic acids is 1. The lowest BCUT2D eigenvalue weighted by Gasteiger charge is -2.16. The van der Waals surface area contributed by atoms with Gasteiger partial charge >= 0.3 is 0 Å². The minimum atomic E-state index is -0.126. The lowest BCUT2D eigenvalue weighted by Crippen LogP contribution is -2.27. The highest BCUT2D eigenvalue weighted by molar-refractivity contribution is 5.95. The molecule has 122 valence electrons. The van der Waals surface area contributed by atoms with Crippen molar-refractivity contribution in [3.63, 3.8) is 0 Å². The predicted octanol–water partition coefficient (Wildman–Crippen LogP) is 2.72. The molecular weight excluding hydrogens is 302 g/mol. The number of pyridine rings is 1. The van der Waals surface area contributed by atoms with Gasteiger partial charge in [0.25, 0.3) is 5.91 Å². The van der Waals surface area contributed by atoms with Crippen molar-refractivity contribution < 1.29 is 4.79 Å². The molecule has 2 aromatic heterocycles. The summed E-state index contributed by atoms with van der Waals surface area (Å²) in [5.41, 5.74) is 3.53. The first-order valence-corrected chi connectivity index (χ1v) is 7.87. The summed E-state index contributed by atoms with van der Waals surface area (Å²) in [6.07, 6.45) is 7.29. The van der Waals surface area contributed by atoms with Crippen LogP contribution in [0.15, 0.2) is 55.4 Å². The van der Waals surface area contributed by atoms with Gasteiger partial charge in [0.1, 0.15) is 12.7 Å². The molecule has 6 nitrogen and oxygen atoms in total. The molecule has 3 rings (SSSR count). The fourth-order valence-corrected chi connectivity index (χ4v) is 2.57. The van der Waals surface area contributed by atoms with Gasteiger partial charge < -0.3 is 5.32 Å². The maximum Gasteiger partial charge on any atom is 0.252 e. The molecule has 0 radical (unpaired) electrons. The van der Waals surface area contributed by atoms with Gasteiger partial charge in [-0.15, -0.1) is 0 Å². The van der Waals surface area contributed by atoms with Gasteiger partial charge in [0, 0.05) is 18.0 Å². The molecule has 0 aliphatic rings. The second-order valence-corrected chi connectivity index (χ2v) is 5.52. The van der Waals surface area contributed by atoms with Gasteiger partial charge in [0.15, 0.2) is 0 Å². The van der Waals surface area contributed by atoms with Crippen LogP contribution in [0.5, 0.6) is 0 Å². The molecule has 0 saturated carbocycles. The fourth-order valence-electron chi connectivity index (χ4n) is 2.57. The Morgan fingerprint density at radius 1 is 1.29 bits per heavy atom. The average molecular weight is 321 g/mol. The maximum absolute atomic E-state index is 12.6. The van der Waals surface area contributed by atoms with Gasteiger partial charge in [-0.3, -0.25) is 9.78 Å². The lowest BCUT2D eigenvalue weighted by atomic mass is 10.0. The summed E-state index contributed by atoms with van der Waals surface area (Å²) < 4.78 is 1.69. The second-order valence-electron chi connectivity index (χ2n) is 5.52. The van der Waals surface area contributed by atoms with E-state index in [9.17, 15) is 4.79 Å². The Balaban J connectivity index is 1.79. The number of hydrogen-bond acceptors (Lipinski definition) is 4. The number of amides is 1. The third-order valence-corrected chi connectivity index (χ3v) is 3.93. The predicted molar refractivity (Wildman–Crippen MR) is 90.9 cm³/mol. The molecule has 0 bridgehead atoms. The Bertz CT molecular complexity index is 829. The van der Waals surface area contributed by atoms with E-state index in [4.69, 9.17) is 0 Å². The van der Waals surface area contributed by atoms with E-state index in [2.05, 4.69) is 20.4 Å². The van der Waals surface area contributed by atoms with E-state index in [0.717, 1.165) is 23.2 Å². The number of carbonyl (C=O) groups is 1. The molecule has 0 spiro atoms. The van der Waals surface area contributed by atoms with Gasteiger partial charge in [0.05, 0.1) is 11.7 Å². The fraction of sp³-hybridized carbons (Fsp3) is 0.222. The number of nitrogens with zero attached hydrogens (tertiary/aromatic N) is 4. The van der Waals surface area contributed by atoms with Crippen molar-refractivity contribution in [3.05, 3.63) is 72.1 Å². The van der Waals surface area contributed by atoms with Crippen LogP contribution < -0.4 is 5.32 Å². The Labute approximate surface area is 140 Å². The van der Waals surface area contributed by atoms with Crippen LogP contribution in [0.3, 0.4) is 0 Å². The third kappa shape index (κ3) is 3.32. The van der Waals surface area contributed by atoms with Crippen LogP contribution in [-0.2, 0) is 6.42 Å². The van der Waals surface area contributed by atoms with Gasteiger partial charge in [-0.05, 0) is 42.7 Å². The minimum absolute atomic E-state index is 0.0899. The maximum atomic E-state index is 12.6. The van der Waals surface area contributed by atoms with Crippen LogP contribution in [0, 0.1) is 0 Å². The monoisotopic (exact) mass is 321 g/mol. The second kappa shape index (κ2) is 7.04. The number of rotatable bonds is 5. The molecule has 0 unspecified atom stereocenters. The summed E-state index contributed by atoms with van der Waals surface area (Å²) in [7, 11) is 0. The zero-order valence-electron chi connectivity index (χ0n) is 13.7. The highest BCUT2D eigenvalue weighted by Crippen LogP contribution is 2.17. The summed E-state index contributed by atoms with van der Waals surface area (Å²) in [6, 6.07) is 9.50. The van der Waals surface area contributed by atoms with Crippen LogP contribution >= 0.6 is 0 Å². The Kier molecular flexibility index (Phi) is 4.65. The van der Waals surface area contributed by atoms with Crippen molar-refractivity contribution in [1.82, 2.24) is 25.1 Å². The van der Waals surface area contributed by atoms with E-state index < -0.39 is 0 Å². The van der Waals surface area contributed by atoms with Crippen molar-refractivity contribution in [2.24, 2.45) is 0 Å². The molecule has 0 fully saturated rings. The van der Waals surface area contributed by atoms with E-state index in [-0.39, 0.29) is 11.9 Å². The molecular formula is C18H19N5O. The lowest BCUT2D eigenvalue weighted by molar-refractivity contribution is 0.0939. The third-order valence-electron chi connectivity index (χ3n) is 3.93. The standard InChI is InChI=1S/C18H19N5O/c1-3-14-10-19-8-7-17(14)18(24)22-13(2)15-5-4-6-16(9-15)23-12-20-11-21-23/h4-13H,3H2,1-2H3,(H,22,24)/t13-/m0/s1. The number of benzene rings is 1. The largest absolute Gasteiger partial charge is 0.346 e. The van der Waals surface area contributed by atoms with Crippen molar-refractivity contribution >= 4 is 5.91 Å². The van der Waals surface area contributed by atoms with E-state index >= 15 is 0 Å². The number of nitrogens with one attached hydrogen (secondary N) is 1. The number of hydrogen-bond donors (Lipinski definition) is 1. The average Bonchev–Trinajstić information content (AvgIpc) is 3.16. The SMILES string of the molecule is CCc1cnccc1C(=O)N[C@@H](C)c1cccc(-n2cncn2)c1. The molecule has 0 saturated heterocycles. The van der Waals surface area contributed by atoms with E-state index in [1.807, 2.05) is 38.1 Å². The first-order chi connectivity index (χ1) is 11.7. The van der Waals surface area contributed by atoms with Crippen LogP contribution in [0.2, 0.25) is 0 Å². The minimum Gasteiger partial charge on any atom is -0.346 e. The Hall–Kier alpha value is -3.02. The van der Waals surface area contributed by atoms with Gasteiger partial charge in [-0.1, -0.05) is 19.1 Å². The van der Waals surface area contributed by atoms with Crippen LogP contribution in [-0.4, -0.2) is 25.7 Å². The zero-order valence-corrected chi connectivity index (χ0v) is 13.7. The van der Waals surface area contributed by atoms with Crippen molar-refractivity contribution in [2.75, 3.05) is 0 Å².